The molecule has 1 aliphatic heterocycles. The highest BCUT2D eigenvalue weighted by Gasteiger charge is 2.45. The molecule has 0 radical (unpaired) electrons. The second kappa shape index (κ2) is 7.10. The van der Waals surface area contributed by atoms with Gasteiger partial charge in [0, 0.05) is 17.0 Å². The molecule has 32 heavy (non-hydrogen) atoms. The minimum atomic E-state index is -0.886. The van der Waals surface area contributed by atoms with Crippen LogP contribution in [0.15, 0.2) is 51.7 Å². The zero-order valence-electron chi connectivity index (χ0n) is 17.4. The number of fused-ring (bicyclic) bond motifs is 2. The molecule has 0 spiro atoms. The summed E-state index contributed by atoms with van der Waals surface area (Å²) >= 11 is 1.32. The van der Waals surface area contributed by atoms with E-state index in [2.05, 4.69) is 4.98 Å². The number of anilines is 1. The molecule has 0 N–H and O–H groups in total. The molecule has 1 aliphatic rings. The second-order valence-electron chi connectivity index (χ2n) is 7.74. The van der Waals surface area contributed by atoms with E-state index in [4.69, 9.17) is 4.42 Å². The SMILES string of the molecule is Cc1ccc2oc3c(c(=O)c2c1)C(c1cccc([N+](=O)[O-])c1)N(c1nc(C)c(C)s1)C3=O. The zero-order valence-corrected chi connectivity index (χ0v) is 18.2. The highest BCUT2D eigenvalue weighted by Crippen LogP contribution is 2.43. The molecule has 2 aromatic heterocycles. The van der Waals surface area contributed by atoms with Gasteiger partial charge in [-0.2, -0.15) is 0 Å². The van der Waals surface area contributed by atoms with Crippen LogP contribution in [0.4, 0.5) is 10.8 Å². The summed E-state index contributed by atoms with van der Waals surface area (Å²) in [7, 11) is 0. The van der Waals surface area contributed by atoms with Gasteiger partial charge in [-0.05, 0) is 38.5 Å². The van der Waals surface area contributed by atoms with Crippen LogP contribution in [0.5, 0.6) is 0 Å². The Morgan fingerprint density at radius 3 is 2.59 bits per heavy atom. The van der Waals surface area contributed by atoms with Crippen molar-refractivity contribution in [2.24, 2.45) is 0 Å². The van der Waals surface area contributed by atoms with Crippen molar-refractivity contribution in [2.75, 3.05) is 4.90 Å². The summed E-state index contributed by atoms with van der Waals surface area (Å²) in [6, 6.07) is 10.3. The van der Waals surface area contributed by atoms with Gasteiger partial charge in [0.1, 0.15) is 5.58 Å². The van der Waals surface area contributed by atoms with Crippen molar-refractivity contribution in [1.29, 1.82) is 0 Å². The van der Waals surface area contributed by atoms with Crippen molar-refractivity contribution >= 4 is 39.0 Å². The van der Waals surface area contributed by atoms with Gasteiger partial charge in [-0.1, -0.05) is 23.8 Å². The molecule has 2 aromatic carbocycles. The predicted octanol–water partition coefficient (Wildman–Crippen LogP) is 4.83. The Labute approximate surface area is 185 Å². The van der Waals surface area contributed by atoms with Crippen molar-refractivity contribution in [2.45, 2.75) is 26.8 Å². The minimum absolute atomic E-state index is 0.0617. The number of nitro groups is 1. The van der Waals surface area contributed by atoms with Crippen molar-refractivity contribution in [3.05, 3.63) is 95.8 Å². The third kappa shape index (κ3) is 2.93. The molecule has 0 saturated heterocycles. The molecule has 0 aliphatic carbocycles. The molecule has 160 valence electrons. The third-order valence-electron chi connectivity index (χ3n) is 5.65. The molecule has 3 heterocycles. The van der Waals surface area contributed by atoms with Crippen molar-refractivity contribution in [1.82, 2.24) is 4.98 Å². The number of thiazole rings is 1. The number of aryl methyl sites for hydroxylation is 3. The van der Waals surface area contributed by atoms with E-state index in [1.165, 1.54) is 28.4 Å². The van der Waals surface area contributed by atoms with Gasteiger partial charge in [-0.25, -0.2) is 4.98 Å². The topological polar surface area (TPSA) is 107 Å². The number of carbonyl (C=O) groups excluding carboxylic acids is 1. The Hall–Kier alpha value is -3.85. The molecular formula is C23H17N3O5S. The quantitative estimate of drug-likeness (QED) is 0.329. The number of carbonyl (C=O) groups is 1. The van der Waals surface area contributed by atoms with Gasteiger partial charge in [0.05, 0.1) is 27.6 Å². The number of hydrogen-bond acceptors (Lipinski definition) is 7. The number of hydrogen-bond donors (Lipinski definition) is 0. The fraction of sp³-hybridized carbons (Fsp3) is 0.174. The van der Waals surface area contributed by atoms with Crippen LogP contribution in [0, 0.1) is 30.9 Å². The maximum Gasteiger partial charge on any atom is 0.297 e. The van der Waals surface area contributed by atoms with Gasteiger partial charge in [0.2, 0.25) is 5.76 Å². The molecule has 1 unspecified atom stereocenters. The van der Waals surface area contributed by atoms with Crippen molar-refractivity contribution in [3.63, 3.8) is 0 Å². The molecule has 0 fully saturated rings. The van der Waals surface area contributed by atoms with E-state index < -0.39 is 16.9 Å². The van der Waals surface area contributed by atoms with Gasteiger partial charge in [0.15, 0.2) is 10.6 Å². The number of nitro benzene ring substituents is 1. The third-order valence-corrected chi connectivity index (χ3v) is 6.72. The summed E-state index contributed by atoms with van der Waals surface area (Å²) < 4.78 is 5.92. The van der Waals surface area contributed by atoms with Crippen LogP contribution < -0.4 is 10.3 Å². The van der Waals surface area contributed by atoms with Gasteiger partial charge in [0.25, 0.3) is 11.6 Å². The molecular weight excluding hydrogens is 430 g/mol. The monoisotopic (exact) mass is 447 g/mol. The first-order valence-corrected chi connectivity index (χ1v) is 10.7. The number of rotatable bonds is 3. The lowest BCUT2D eigenvalue weighted by molar-refractivity contribution is -0.384. The van der Waals surface area contributed by atoms with Crippen LogP contribution in [-0.2, 0) is 0 Å². The lowest BCUT2D eigenvalue weighted by atomic mass is 9.98. The summed E-state index contributed by atoms with van der Waals surface area (Å²) in [5, 5.41) is 12.2. The van der Waals surface area contributed by atoms with Crippen LogP contribution in [0.1, 0.15) is 43.9 Å². The summed E-state index contributed by atoms with van der Waals surface area (Å²) in [6.45, 7) is 5.60. The molecule has 5 rings (SSSR count). The first kappa shape index (κ1) is 20.1. The molecule has 9 heteroatoms. The largest absolute Gasteiger partial charge is 0.450 e. The fourth-order valence-corrected chi connectivity index (χ4v) is 4.90. The number of non-ortho nitro benzene ring substituents is 1. The van der Waals surface area contributed by atoms with Crippen molar-refractivity contribution in [3.8, 4) is 0 Å². The maximum absolute atomic E-state index is 13.6. The average molecular weight is 447 g/mol. The maximum atomic E-state index is 13.6. The Morgan fingerprint density at radius 1 is 1.12 bits per heavy atom. The lowest BCUT2D eigenvalue weighted by Gasteiger charge is -2.22. The second-order valence-corrected chi connectivity index (χ2v) is 8.92. The van der Waals surface area contributed by atoms with E-state index in [9.17, 15) is 19.7 Å². The number of nitrogens with zero attached hydrogens (tertiary/aromatic N) is 3. The smallest absolute Gasteiger partial charge is 0.297 e. The van der Waals surface area contributed by atoms with Gasteiger partial charge in [-0.3, -0.25) is 24.6 Å². The molecule has 0 saturated carbocycles. The molecule has 4 aromatic rings. The first-order valence-electron chi connectivity index (χ1n) is 9.85. The number of benzene rings is 2. The van der Waals surface area contributed by atoms with Crippen LogP contribution in [0.25, 0.3) is 11.0 Å². The van der Waals surface area contributed by atoms with Crippen LogP contribution >= 0.6 is 11.3 Å². The standard InChI is InChI=1S/C23H17N3O5S/c1-11-7-8-17-16(9-11)20(27)18-19(14-5-4-6-15(10-14)26(29)30)25(22(28)21(18)31-17)23-24-12(2)13(3)32-23/h4-10,19H,1-3H3. The normalized spacial score (nSPS) is 15.4. The van der Waals surface area contributed by atoms with E-state index in [0.29, 0.717) is 21.7 Å². The minimum Gasteiger partial charge on any atom is -0.450 e. The van der Waals surface area contributed by atoms with Gasteiger partial charge in [-0.15, -0.1) is 11.3 Å². The summed E-state index contributed by atoms with van der Waals surface area (Å²) in [4.78, 5) is 44.8. The van der Waals surface area contributed by atoms with E-state index in [1.807, 2.05) is 20.8 Å². The molecule has 0 bridgehead atoms. The van der Waals surface area contributed by atoms with Gasteiger partial charge >= 0.3 is 0 Å². The van der Waals surface area contributed by atoms with E-state index >= 15 is 0 Å². The van der Waals surface area contributed by atoms with Crippen LogP contribution in [-0.4, -0.2) is 15.8 Å². The highest BCUT2D eigenvalue weighted by atomic mass is 32.1. The Morgan fingerprint density at radius 2 is 1.91 bits per heavy atom. The zero-order chi connectivity index (χ0) is 22.7. The summed E-state index contributed by atoms with van der Waals surface area (Å²) in [6.07, 6.45) is 0. The Kier molecular flexibility index (Phi) is 4.45. The van der Waals surface area contributed by atoms with E-state index in [-0.39, 0.29) is 22.4 Å². The fourth-order valence-electron chi connectivity index (χ4n) is 3.97. The Bertz CT molecular complexity index is 1480. The summed E-state index contributed by atoms with van der Waals surface area (Å²) in [5.41, 5.74) is 2.11. The average Bonchev–Trinajstić information content (AvgIpc) is 3.25. The van der Waals surface area contributed by atoms with Gasteiger partial charge < -0.3 is 4.42 Å². The van der Waals surface area contributed by atoms with E-state index in [1.54, 1.807) is 30.3 Å². The first-order chi connectivity index (χ1) is 15.3. The number of amides is 1. The van der Waals surface area contributed by atoms with E-state index in [0.717, 1.165) is 16.1 Å². The molecule has 1 amide bonds. The predicted molar refractivity (Wildman–Crippen MR) is 121 cm³/mol. The van der Waals surface area contributed by atoms with Crippen LogP contribution in [0.3, 0.4) is 0 Å². The lowest BCUT2D eigenvalue weighted by Crippen LogP contribution is -2.29. The molecule has 1 atom stereocenters. The van der Waals surface area contributed by atoms with Crippen LogP contribution in [0.2, 0.25) is 0 Å². The highest BCUT2D eigenvalue weighted by molar-refractivity contribution is 7.15. The summed E-state index contributed by atoms with van der Waals surface area (Å²) in [5.74, 6) is -0.557. The Balaban J connectivity index is 1.83. The van der Waals surface area contributed by atoms with Crippen molar-refractivity contribution < 1.29 is 14.1 Å². The number of aromatic nitrogens is 1. The molecule has 8 nitrogen and oxygen atoms in total.